The fraction of sp³-hybridized carbons (Fsp3) is 0.269. The number of amides is 1. The van der Waals surface area contributed by atoms with Gasteiger partial charge in [-0.1, -0.05) is 54.1 Å². The number of benzene rings is 3. The van der Waals surface area contributed by atoms with E-state index in [0.29, 0.717) is 6.54 Å². The van der Waals surface area contributed by atoms with Crippen molar-refractivity contribution in [1.29, 1.82) is 0 Å². The van der Waals surface area contributed by atoms with Gasteiger partial charge in [0.2, 0.25) is 5.91 Å². The molecular weight excluding hydrogens is 470 g/mol. The number of nitrogens with one attached hydrogen (secondary N) is 1. The lowest BCUT2D eigenvalue weighted by atomic mass is 10.1. The van der Waals surface area contributed by atoms with Crippen LogP contribution < -0.4 is 14.5 Å². The van der Waals surface area contributed by atoms with E-state index in [9.17, 15) is 13.2 Å². The van der Waals surface area contributed by atoms with E-state index in [1.165, 1.54) is 37.1 Å². The Kier molecular flexibility index (Phi) is 7.75. The minimum atomic E-state index is -3.99. The van der Waals surface area contributed by atoms with Crippen LogP contribution in [0.4, 0.5) is 11.4 Å². The molecule has 1 heterocycles. The summed E-state index contributed by atoms with van der Waals surface area (Å²) in [6, 6.07) is 22.8. The number of piperidine rings is 1. The third kappa shape index (κ3) is 5.72. The molecule has 1 N–H and O–H groups in total. The number of halogens is 1. The zero-order chi connectivity index (χ0) is 24.0. The minimum absolute atomic E-state index is 0.0935. The average Bonchev–Trinajstić information content (AvgIpc) is 2.88. The van der Waals surface area contributed by atoms with Gasteiger partial charge in [-0.15, -0.1) is 0 Å². The van der Waals surface area contributed by atoms with Gasteiger partial charge in [0.25, 0.3) is 10.0 Å². The molecule has 3 aromatic carbocycles. The van der Waals surface area contributed by atoms with Crippen LogP contribution in [0.1, 0.15) is 24.8 Å². The Hall–Kier alpha value is -3.03. The monoisotopic (exact) mass is 497 g/mol. The number of sulfonamides is 1. The van der Waals surface area contributed by atoms with E-state index >= 15 is 0 Å². The zero-order valence-corrected chi connectivity index (χ0v) is 20.4. The van der Waals surface area contributed by atoms with Gasteiger partial charge in [-0.25, -0.2) is 8.42 Å². The van der Waals surface area contributed by atoms with Crippen molar-refractivity contribution in [3.8, 4) is 0 Å². The van der Waals surface area contributed by atoms with E-state index in [0.717, 1.165) is 23.0 Å². The molecule has 8 heteroatoms. The number of hydrogen-bond acceptors (Lipinski definition) is 4. The van der Waals surface area contributed by atoms with Gasteiger partial charge < -0.3 is 10.2 Å². The zero-order valence-electron chi connectivity index (χ0n) is 18.9. The highest BCUT2D eigenvalue weighted by molar-refractivity contribution is 7.92. The Morgan fingerprint density at radius 1 is 0.882 bits per heavy atom. The number of para-hydroxylation sites is 1. The lowest BCUT2D eigenvalue weighted by Gasteiger charge is -2.28. The number of rotatable bonds is 8. The Morgan fingerprint density at radius 2 is 1.53 bits per heavy atom. The maximum atomic E-state index is 13.4. The van der Waals surface area contributed by atoms with Crippen molar-refractivity contribution < 1.29 is 13.2 Å². The lowest BCUT2D eigenvalue weighted by molar-refractivity contribution is -0.119. The molecule has 178 valence electrons. The molecule has 0 atom stereocenters. The molecule has 0 spiro atoms. The first-order valence-electron chi connectivity index (χ1n) is 11.4. The van der Waals surface area contributed by atoms with Crippen molar-refractivity contribution in [2.75, 3.05) is 28.8 Å². The molecule has 1 amide bonds. The van der Waals surface area contributed by atoms with Gasteiger partial charge in [-0.2, -0.15) is 0 Å². The highest BCUT2D eigenvalue weighted by Crippen LogP contribution is 2.30. The van der Waals surface area contributed by atoms with E-state index in [4.69, 9.17) is 11.6 Å². The van der Waals surface area contributed by atoms with Crippen LogP contribution in [0.2, 0.25) is 5.02 Å². The quantitative estimate of drug-likeness (QED) is 0.483. The van der Waals surface area contributed by atoms with E-state index in [1.54, 1.807) is 42.5 Å². The molecule has 4 rings (SSSR count). The molecule has 3 aromatic rings. The second-order valence-corrected chi connectivity index (χ2v) is 10.5. The molecule has 1 saturated heterocycles. The summed E-state index contributed by atoms with van der Waals surface area (Å²) in [5, 5.41) is 3.09. The summed E-state index contributed by atoms with van der Waals surface area (Å²) in [4.78, 5) is 15.3. The molecule has 1 aliphatic heterocycles. The normalized spacial score (nSPS) is 14.0. The Labute approximate surface area is 206 Å². The van der Waals surface area contributed by atoms with Crippen LogP contribution >= 0.6 is 11.6 Å². The van der Waals surface area contributed by atoms with Crippen molar-refractivity contribution in [2.24, 2.45) is 0 Å². The van der Waals surface area contributed by atoms with Crippen LogP contribution in [0.3, 0.4) is 0 Å². The maximum Gasteiger partial charge on any atom is 0.264 e. The minimum Gasteiger partial charge on any atom is -0.372 e. The summed E-state index contributed by atoms with van der Waals surface area (Å²) in [6.45, 7) is 2.07. The second kappa shape index (κ2) is 10.9. The topological polar surface area (TPSA) is 69.7 Å². The fourth-order valence-corrected chi connectivity index (χ4v) is 5.79. The number of carbonyl (C=O) groups excluding carboxylic acids is 1. The van der Waals surface area contributed by atoms with Crippen LogP contribution in [0.25, 0.3) is 0 Å². The molecule has 34 heavy (non-hydrogen) atoms. The first kappa shape index (κ1) is 24.1. The average molecular weight is 498 g/mol. The van der Waals surface area contributed by atoms with E-state index < -0.39 is 15.9 Å². The third-order valence-electron chi connectivity index (χ3n) is 5.89. The smallest absolute Gasteiger partial charge is 0.264 e. The summed E-state index contributed by atoms with van der Waals surface area (Å²) < 4.78 is 27.8. The molecule has 0 unspecified atom stereocenters. The summed E-state index contributed by atoms with van der Waals surface area (Å²) in [6.07, 6.45) is 3.71. The largest absolute Gasteiger partial charge is 0.372 e. The van der Waals surface area contributed by atoms with Crippen molar-refractivity contribution in [1.82, 2.24) is 5.32 Å². The highest BCUT2D eigenvalue weighted by atomic mass is 35.5. The number of nitrogens with zero attached hydrogens (tertiary/aromatic N) is 2. The van der Waals surface area contributed by atoms with Crippen molar-refractivity contribution >= 4 is 38.9 Å². The molecule has 0 radical (unpaired) electrons. The number of carbonyl (C=O) groups is 1. The molecule has 1 fully saturated rings. The molecular formula is C26H28ClN3O3S. The molecule has 0 aromatic heterocycles. The van der Waals surface area contributed by atoms with Crippen LogP contribution in [-0.2, 0) is 21.4 Å². The van der Waals surface area contributed by atoms with Crippen LogP contribution in [0.15, 0.2) is 83.8 Å². The third-order valence-corrected chi connectivity index (χ3v) is 7.98. The number of anilines is 2. The molecule has 0 bridgehead atoms. The standard InChI is InChI=1S/C26H28ClN3O3S/c27-24-11-5-6-12-25(24)30(34(32,33)23-9-3-1-4-10-23)20-26(31)28-19-21-13-15-22(16-14-21)29-17-7-2-8-18-29/h1,3-6,9-16H,2,7-8,17-20H2,(H,28,31). The van der Waals surface area contributed by atoms with Gasteiger partial charge in [0.1, 0.15) is 6.54 Å². The van der Waals surface area contributed by atoms with Gasteiger partial charge in [0.05, 0.1) is 15.6 Å². The summed E-state index contributed by atoms with van der Waals surface area (Å²) in [7, 11) is -3.99. The SMILES string of the molecule is O=C(CN(c1ccccc1Cl)S(=O)(=O)c1ccccc1)NCc1ccc(N2CCCCC2)cc1. The number of hydrogen-bond donors (Lipinski definition) is 1. The molecule has 1 aliphatic rings. The van der Waals surface area contributed by atoms with E-state index in [2.05, 4.69) is 22.3 Å². The first-order chi connectivity index (χ1) is 16.4. The van der Waals surface area contributed by atoms with Crippen molar-refractivity contribution in [3.63, 3.8) is 0 Å². The van der Waals surface area contributed by atoms with Gasteiger partial charge in [-0.3, -0.25) is 9.10 Å². The van der Waals surface area contributed by atoms with Crippen molar-refractivity contribution in [3.05, 3.63) is 89.4 Å². The Morgan fingerprint density at radius 3 is 2.21 bits per heavy atom. The molecule has 0 saturated carbocycles. The predicted molar refractivity (Wildman–Crippen MR) is 137 cm³/mol. The second-order valence-electron chi connectivity index (χ2n) is 8.27. The van der Waals surface area contributed by atoms with Crippen LogP contribution in [-0.4, -0.2) is 34.0 Å². The van der Waals surface area contributed by atoms with Gasteiger partial charge in [0, 0.05) is 25.3 Å². The Bertz CT molecular complexity index is 1210. The van der Waals surface area contributed by atoms with Crippen molar-refractivity contribution in [2.45, 2.75) is 30.7 Å². The Balaban J connectivity index is 1.46. The summed E-state index contributed by atoms with van der Waals surface area (Å²) in [5.74, 6) is -0.417. The highest BCUT2D eigenvalue weighted by Gasteiger charge is 2.28. The molecule has 0 aliphatic carbocycles. The first-order valence-corrected chi connectivity index (χ1v) is 13.2. The van der Waals surface area contributed by atoms with Gasteiger partial charge >= 0.3 is 0 Å². The lowest BCUT2D eigenvalue weighted by Crippen LogP contribution is -2.40. The molecule has 6 nitrogen and oxygen atoms in total. The van der Waals surface area contributed by atoms with E-state index in [1.807, 2.05) is 12.1 Å². The maximum absolute atomic E-state index is 13.4. The predicted octanol–water partition coefficient (Wildman–Crippen LogP) is 4.84. The fourth-order valence-electron chi connectivity index (χ4n) is 4.04. The van der Waals surface area contributed by atoms with Crippen LogP contribution in [0.5, 0.6) is 0 Å². The summed E-state index contributed by atoms with van der Waals surface area (Å²) in [5.41, 5.74) is 2.40. The van der Waals surface area contributed by atoms with E-state index in [-0.39, 0.29) is 22.2 Å². The summed E-state index contributed by atoms with van der Waals surface area (Å²) >= 11 is 6.31. The van der Waals surface area contributed by atoms with Gasteiger partial charge in [0.15, 0.2) is 0 Å². The van der Waals surface area contributed by atoms with Crippen LogP contribution in [0, 0.1) is 0 Å². The van der Waals surface area contributed by atoms with Gasteiger partial charge in [-0.05, 0) is 61.2 Å².